The fourth-order valence-electron chi connectivity index (χ4n) is 0.506. The standard InChI is InChI=1S/C8H14O2/c1-4-7(2)5-6-10-8(3)9/h4,7H,1,5-6H2,2-3H3/t7-/m1/s1. The topological polar surface area (TPSA) is 26.3 Å². The second kappa shape index (κ2) is 5.03. The molecule has 0 fully saturated rings. The van der Waals surface area contributed by atoms with E-state index in [2.05, 4.69) is 6.58 Å². The molecule has 0 radical (unpaired) electrons. The average Bonchev–Trinajstić information content (AvgIpc) is 1.87. The summed E-state index contributed by atoms with van der Waals surface area (Å²) in [7, 11) is 0. The van der Waals surface area contributed by atoms with Crippen molar-refractivity contribution in [3.63, 3.8) is 0 Å². The van der Waals surface area contributed by atoms with Crippen molar-refractivity contribution in [3.8, 4) is 0 Å². The third-order valence-electron chi connectivity index (χ3n) is 1.28. The number of ether oxygens (including phenoxy) is 1. The second-order valence-electron chi connectivity index (χ2n) is 2.34. The van der Waals surface area contributed by atoms with Gasteiger partial charge in [-0.25, -0.2) is 0 Å². The van der Waals surface area contributed by atoms with E-state index in [1.807, 2.05) is 13.0 Å². The third kappa shape index (κ3) is 5.35. The lowest BCUT2D eigenvalue weighted by Gasteiger charge is -2.04. The Morgan fingerprint density at radius 2 is 2.40 bits per heavy atom. The van der Waals surface area contributed by atoms with E-state index in [0.29, 0.717) is 12.5 Å². The van der Waals surface area contributed by atoms with Crippen molar-refractivity contribution in [3.05, 3.63) is 12.7 Å². The highest BCUT2D eigenvalue weighted by Gasteiger charge is 1.96. The fraction of sp³-hybridized carbons (Fsp3) is 0.625. The largest absolute Gasteiger partial charge is 0.466 e. The highest BCUT2D eigenvalue weighted by molar-refractivity contribution is 5.65. The third-order valence-corrected chi connectivity index (χ3v) is 1.28. The molecule has 0 saturated carbocycles. The van der Waals surface area contributed by atoms with Crippen LogP contribution in [0.15, 0.2) is 12.7 Å². The summed E-state index contributed by atoms with van der Waals surface area (Å²) in [6.45, 7) is 7.57. The Bertz CT molecular complexity index is 118. The van der Waals surface area contributed by atoms with Crippen LogP contribution in [0.4, 0.5) is 0 Å². The zero-order chi connectivity index (χ0) is 7.98. The van der Waals surface area contributed by atoms with Crippen LogP contribution >= 0.6 is 0 Å². The van der Waals surface area contributed by atoms with Gasteiger partial charge in [-0.2, -0.15) is 0 Å². The maximum atomic E-state index is 10.3. The molecule has 0 bridgehead atoms. The molecule has 0 aromatic rings. The van der Waals surface area contributed by atoms with Crippen LogP contribution in [-0.4, -0.2) is 12.6 Å². The van der Waals surface area contributed by atoms with Crippen LogP contribution in [-0.2, 0) is 9.53 Å². The van der Waals surface area contributed by atoms with Gasteiger partial charge in [-0.1, -0.05) is 13.0 Å². The predicted molar refractivity (Wildman–Crippen MR) is 40.6 cm³/mol. The molecule has 0 aliphatic carbocycles. The first-order valence-corrected chi connectivity index (χ1v) is 3.42. The molecule has 0 saturated heterocycles. The number of hydrogen-bond donors (Lipinski definition) is 0. The van der Waals surface area contributed by atoms with Gasteiger partial charge in [0.1, 0.15) is 0 Å². The molecule has 2 heteroatoms. The number of carbonyl (C=O) groups excluding carboxylic acids is 1. The van der Waals surface area contributed by atoms with E-state index >= 15 is 0 Å². The molecule has 0 aromatic carbocycles. The minimum absolute atomic E-state index is 0.212. The number of rotatable bonds is 4. The molecule has 1 atom stereocenters. The molecule has 0 rings (SSSR count). The summed E-state index contributed by atoms with van der Waals surface area (Å²) >= 11 is 0. The van der Waals surface area contributed by atoms with Gasteiger partial charge in [0.15, 0.2) is 0 Å². The van der Waals surface area contributed by atoms with Gasteiger partial charge < -0.3 is 4.74 Å². The Balaban J connectivity index is 3.19. The summed E-state index contributed by atoms with van der Waals surface area (Å²) in [5.41, 5.74) is 0. The van der Waals surface area contributed by atoms with Crippen molar-refractivity contribution >= 4 is 5.97 Å². The quantitative estimate of drug-likeness (QED) is 0.441. The Labute approximate surface area is 61.9 Å². The minimum atomic E-state index is -0.212. The lowest BCUT2D eigenvalue weighted by atomic mass is 10.1. The Kier molecular flexibility index (Phi) is 4.63. The number of carbonyl (C=O) groups is 1. The van der Waals surface area contributed by atoms with Crippen molar-refractivity contribution in [2.45, 2.75) is 20.3 Å². The molecule has 0 heterocycles. The molecule has 0 N–H and O–H groups in total. The van der Waals surface area contributed by atoms with Gasteiger partial charge in [0.2, 0.25) is 0 Å². The maximum Gasteiger partial charge on any atom is 0.302 e. The molecular weight excluding hydrogens is 128 g/mol. The van der Waals surface area contributed by atoms with Crippen LogP contribution in [0.25, 0.3) is 0 Å². The number of esters is 1. The maximum absolute atomic E-state index is 10.3. The summed E-state index contributed by atoms with van der Waals surface area (Å²) in [4.78, 5) is 10.3. The lowest BCUT2D eigenvalue weighted by molar-refractivity contribution is -0.141. The molecule has 0 aliphatic heterocycles. The van der Waals surface area contributed by atoms with E-state index in [1.54, 1.807) is 0 Å². The Morgan fingerprint density at radius 3 is 2.80 bits per heavy atom. The highest BCUT2D eigenvalue weighted by Crippen LogP contribution is 2.01. The molecule has 58 valence electrons. The second-order valence-corrected chi connectivity index (χ2v) is 2.34. The smallest absolute Gasteiger partial charge is 0.302 e. The van der Waals surface area contributed by atoms with E-state index in [9.17, 15) is 4.79 Å². The molecule has 0 aromatic heterocycles. The van der Waals surface area contributed by atoms with Gasteiger partial charge in [-0.15, -0.1) is 6.58 Å². The van der Waals surface area contributed by atoms with Gasteiger partial charge >= 0.3 is 5.97 Å². The van der Waals surface area contributed by atoms with E-state index < -0.39 is 0 Å². The van der Waals surface area contributed by atoms with E-state index in [0.717, 1.165) is 6.42 Å². The van der Waals surface area contributed by atoms with Gasteiger partial charge in [0.05, 0.1) is 6.61 Å². The number of hydrogen-bond acceptors (Lipinski definition) is 2. The first kappa shape index (κ1) is 9.21. The summed E-state index contributed by atoms with van der Waals surface area (Å²) in [6, 6.07) is 0. The SMILES string of the molecule is C=C[C@@H](C)CCOC(C)=O. The van der Waals surface area contributed by atoms with Crippen LogP contribution < -0.4 is 0 Å². The zero-order valence-corrected chi connectivity index (χ0v) is 6.59. The van der Waals surface area contributed by atoms with Crippen molar-refractivity contribution in [2.24, 2.45) is 5.92 Å². The van der Waals surface area contributed by atoms with Crippen molar-refractivity contribution in [1.82, 2.24) is 0 Å². The molecule has 10 heavy (non-hydrogen) atoms. The Morgan fingerprint density at radius 1 is 1.80 bits per heavy atom. The first-order valence-electron chi connectivity index (χ1n) is 3.42. The molecule has 0 aliphatic rings. The molecule has 0 unspecified atom stereocenters. The molecule has 0 amide bonds. The van der Waals surface area contributed by atoms with Crippen molar-refractivity contribution in [2.75, 3.05) is 6.61 Å². The van der Waals surface area contributed by atoms with Crippen LogP contribution in [0.3, 0.4) is 0 Å². The summed E-state index contributed by atoms with van der Waals surface area (Å²) in [6.07, 6.45) is 2.71. The van der Waals surface area contributed by atoms with Gasteiger partial charge in [-0.3, -0.25) is 4.79 Å². The van der Waals surface area contributed by atoms with Gasteiger partial charge in [0, 0.05) is 6.92 Å². The minimum Gasteiger partial charge on any atom is -0.466 e. The molecular formula is C8H14O2. The van der Waals surface area contributed by atoms with Crippen LogP contribution in [0.1, 0.15) is 20.3 Å². The van der Waals surface area contributed by atoms with E-state index in [1.165, 1.54) is 6.92 Å². The number of allylic oxidation sites excluding steroid dienone is 1. The summed E-state index contributed by atoms with van der Waals surface area (Å²) < 4.78 is 4.73. The first-order chi connectivity index (χ1) is 4.66. The Hall–Kier alpha value is -0.790. The lowest BCUT2D eigenvalue weighted by Crippen LogP contribution is -2.03. The monoisotopic (exact) mass is 142 g/mol. The predicted octanol–water partition coefficient (Wildman–Crippen LogP) is 1.76. The average molecular weight is 142 g/mol. The summed E-state index contributed by atoms with van der Waals surface area (Å²) in [5, 5.41) is 0. The zero-order valence-electron chi connectivity index (χ0n) is 6.59. The van der Waals surface area contributed by atoms with E-state index in [4.69, 9.17) is 4.74 Å². The molecule has 2 nitrogen and oxygen atoms in total. The van der Waals surface area contributed by atoms with Crippen molar-refractivity contribution < 1.29 is 9.53 Å². The van der Waals surface area contributed by atoms with Gasteiger partial charge in [-0.05, 0) is 12.3 Å². The highest BCUT2D eigenvalue weighted by atomic mass is 16.5. The summed E-state index contributed by atoms with van der Waals surface area (Å²) in [5.74, 6) is 0.218. The van der Waals surface area contributed by atoms with Crippen LogP contribution in [0.2, 0.25) is 0 Å². The van der Waals surface area contributed by atoms with Crippen LogP contribution in [0, 0.1) is 5.92 Å². The van der Waals surface area contributed by atoms with Crippen LogP contribution in [0.5, 0.6) is 0 Å². The van der Waals surface area contributed by atoms with Crippen molar-refractivity contribution in [1.29, 1.82) is 0 Å². The van der Waals surface area contributed by atoms with Gasteiger partial charge in [0.25, 0.3) is 0 Å². The van der Waals surface area contributed by atoms with E-state index in [-0.39, 0.29) is 5.97 Å². The normalized spacial score (nSPS) is 12.2. The molecule has 0 spiro atoms. The fourth-order valence-corrected chi connectivity index (χ4v) is 0.506.